The molecule has 2 aromatic rings. The molecule has 1 amide bonds. The SMILES string of the molecule is CON=C(C(=O)N[C@@H](Cc1ccc(-c2c(OC)cc(CSC)cc2OC)cc1)C(=O)OC)C1CCSCC1. The standard InChI is InChI=1S/C28H36N2O6S2/c1-33-23-15-19(17-37-5)16-24(34-2)25(23)20-8-6-18(7-9-20)14-22(28(32)35-3)29-27(31)26(30-36-4)21-10-12-38-13-11-21/h6-9,15-16,21-22H,10-14,17H2,1-5H3,(H,29,31)/t22-/m0/s1. The Kier molecular flexibility index (Phi) is 11.7. The Morgan fingerprint density at radius 1 is 1.03 bits per heavy atom. The van der Waals surface area contributed by atoms with Crippen molar-refractivity contribution < 1.29 is 28.6 Å². The van der Waals surface area contributed by atoms with Gasteiger partial charge in [-0.3, -0.25) is 4.79 Å². The number of hydrogen-bond donors (Lipinski definition) is 1. The molecule has 2 aromatic carbocycles. The van der Waals surface area contributed by atoms with Crippen LogP contribution in [0.3, 0.4) is 0 Å². The number of nitrogens with zero attached hydrogens (tertiary/aromatic N) is 1. The minimum Gasteiger partial charge on any atom is -0.496 e. The summed E-state index contributed by atoms with van der Waals surface area (Å²) in [4.78, 5) is 30.7. The number of methoxy groups -OCH3 is 3. The van der Waals surface area contributed by atoms with Gasteiger partial charge < -0.3 is 24.4 Å². The van der Waals surface area contributed by atoms with Crippen LogP contribution in [-0.2, 0) is 31.3 Å². The number of ether oxygens (including phenoxy) is 3. The van der Waals surface area contributed by atoms with Gasteiger partial charge in [-0.25, -0.2) is 4.79 Å². The van der Waals surface area contributed by atoms with E-state index < -0.39 is 17.9 Å². The molecule has 0 unspecified atom stereocenters. The van der Waals surface area contributed by atoms with Crippen LogP contribution in [0.2, 0.25) is 0 Å². The van der Waals surface area contributed by atoms with E-state index in [2.05, 4.69) is 16.7 Å². The molecule has 0 bridgehead atoms. The van der Waals surface area contributed by atoms with Crippen LogP contribution in [-0.4, -0.2) is 69.8 Å². The Morgan fingerprint density at radius 2 is 1.66 bits per heavy atom. The molecule has 38 heavy (non-hydrogen) atoms. The number of carbonyl (C=O) groups excluding carboxylic acids is 2. The summed E-state index contributed by atoms with van der Waals surface area (Å²) in [6.07, 6.45) is 4.00. The van der Waals surface area contributed by atoms with Gasteiger partial charge in [0, 0.05) is 18.1 Å². The van der Waals surface area contributed by atoms with Crippen LogP contribution >= 0.6 is 23.5 Å². The summed E-state index contributed by atoms with van der Waals surface area (Å²) >= 11 is 3.59. The average molecular weight is 561 g/mol. The summed E-state index contributed by atoms with van der Waals surface area (Å²) in [5, 5.41) is 6.83. The number of amides is 1. The Labute approximate surface area is 233 Å². The largest absolute Gasteiger partial charge is 0.496 e. The third kappa shape index (κ3) is 7.60. The van der Waals surface area contributed by atoms with Crippen molar-refractivity contribution in [2.75, 3.05) is 46.2 Å². The maximum absolute atomic E-state index is 13.1. The van der Waals surface area contributed by atoms with E-state index in [0.29, 0.717) is 5.71 Å². The monoisotopic (exact) mass is 560 g/mol. The molecule has 3 rings (SSSR count). The van der Waals surface area contributed by atoms with Crippen LogP contribution in [0.5, 0.6) is 11.5 Å². The smallest absolute Gasteiger partial charge is 0.328 e. The zero-order chi connectivity index (χ0) is 27.5. The van der Waals surface area contributed by atoms with Gasteiger partial charge in [0.1, 0.15) is 30.4 Å². The lowest BCUT2D eigenvalue weighted by Gasteiger charge is -2.23. The van der Waals surface area contributed by atoms with Crippen LogP contribution < -0.4 is 14.8 Å². The van der Waals surface area contributed by atoms with Gasteiger partial charge in [-0.15, -0.1) is 0 Å². The van der Waals surface area contributed by atoms with Gasteiger partial charge in [-0.2, -0.15) is 23.5 Å². The van der Waals surface area contributed by atoms with Crippen molar-refractivity contribution in [3.05, 3.63) is 47.5 Å². The molecule has 0 spiro atoms. The van der Waals surface area contributed by atoms with Gasteiger partial charge in [0.15, 0.2) is 0 Å². The van der Waals surface area contributed by atoms with Crippen molar-refractivity contribution in [3.8, 4) is 22.6 Å². The van der Waals surface area contributed by atoms with Crippen molar-refractivity contribution in [3.63, 3.8) is 0 Å². The minimum atomic E-state index is -0.867. The second-order valence-corrected chi connectivity index (χ2v) is 10.9. The number of carbonyl (C=O) groups is 2. The van der Waals surface area contributed by atoms with Crippen molar-refractivity contribution in [2.24, 2.45) is 11.1 Å². The second-order valence-electron chi connectivity index (χ2n) is 8.80. The van der Waals surface area contributed by atoms with Crippen molar-refractivity contribution in [1.29, 1.82) is 0 Å². The number of rotatable bonds is 12. The number of oxime groups is 1. The molecule has 0 saturated carbocycles. The molecule has 0 aliphatic carbocycles. The third-order valence-electron chi connectivity index (χ3n) is 6.38. The molecule has 1 heterocycles. The number of benzene rings is 2. The summed E-state index contributed by atoms with van der Waals surface area (Å²) in [7, 11) is 6.02. The molecule has 8 nitrogen and oxygen atoms in total. The van der Waals surface area contributed by atoms with Gasteiger partial charge in [0.2, 0.25) is 0 Å². The lowest BCUT2D eigenvalue weighted by molar-refractivity contribution is -0.144. The van der Waals surface area contributed by atoms with Crippen molar-refractivity contribution in [2.45, 2.75) is 31.1 Å². The van der Waals surface area contributed by atoms with E-state index in [1.165, 1.54) is 14.2 Å². The number of thioether (sulfide) groups is 2. The maximum atomic E-state index is 13.1. The molecule has 1 fully saturated rings. The summed E-state index contributed by atoms with van der Waals surface area (Å²) in [6, 6.07) is 10.9. The highest BCUT2D eigenvalue weighted by molar-refractivity contribution is 7.99. The highest BCUT2D eigenvalue weighted by Gasteiger charge is 2.30. The fourth-order valence-electron chi connectivity index (χ4n) is 4.48. The van der Waals surface area contributed by atoms with Crippen LogP contribution in [0, 0.1) is 5.92 Å². The Bertz CT molecular complexity index is 1090. The first-order valence-electron chi connectivity index (χ1n) is 12.4. The van der Waals surface area contributed by atoms with E-state index >= 15 is 0 Å². The lowest BCUT2D eigenvalue weighted by Crippen LogP contribution is -2.47. The lowest BCUT2D eigenvalue weighted by atomic mass is 9.95. The molecule has 1 saturated heterocycles. The Hall–Kier alpha value is -2.85. The quantitative estimate of drug-likeness (QED) is 0.229. The minimum absolute atomic E-state index is 0.000972. The van der Waals surface area contributed by atoms with Gasteiger partial charge in [0.25, 0.3) is 5.91 Å². The number of esters is 1. The van der Waals surface area contributed by atoms with Crippen LogP contribution in [0.1, 0.15) is 24.0 Å². The molecular formula is C28H36N2O6S2. The topological polar surface area (TPSA) is 95.5 Å². The fraction of sp³-hybridized carbons (Fsp3) is 0.464. The zero-order valence-electron chi connectivity index (χ0n) is 22.6. The Balaban J connectivity index is 1.81. The van der Waals surface area contributed by atoms with Crippen molar-refractivity contribution in [1.82, 2.24) is 5.32 Å². The zero-order valence-corrected chi connectivity index (χ0v) is 24.2. The molecular weight excluding hydrogens is 524 g/mol. The molecule has 10 heteroatoms. The van der Waals surface area contributed by atoms with E-state index in [1.807, 2.05) is 48.2 Å². The van der Waals surface area contributed by atoms with E-state index in [-0.39, 0.29) is 12.3 Å². The maximum Gasteiger partial charge on any atom is 0.328 e. The van der Waals surface area contributed by atoms with Crippen LogP contribution in [0.4, 0.5) is 0 Å². The van der Waals surface area contributed by atoms with Crippen LogP contribution in [0.15, 0.2) is 41.6 Å². The fourth-order valence-corrected chi connectivity index (χ4v) is 6.09. The van der Waals surface area contributed by atoms with E-state index in [4.69, 9.17) is 19.0 Å². The molecule has 1 N–H and O–H groups in total. The molecule has 1 aliphatic rings. The van der Waals surface area contributed by atoms with Crippen molar-refractivity contribution >= 4 is 41.1 Å². The summed E-state index contributed by atoms with van der Waals surface area (Å²) in [5.41, 5.74) is 4.07. The highest BCUT2D eigenvalue weighted by atomic mass is 32.2. The molecule has 206 valence electrons. The molecule has 1 atom stereocenters. The molecule has 0 radical (unpaired) electrons. The van der Waals surface area contributed by atoms with Gasteiger partial charge in [-0.1, -0.05) is 29.4 Å². The first-order chi connectivity index (χ1) is 18.4. The number of hydrogen-bond acceptors (Lipinski definition) is 9. The predicted octanol–water partition coefficient (Wildman–Crippen LogP) is 4.58. The van der Waals surface area contributed by atoms with Gasteiger partial charge >= 0.3 is 5.97 Å². The van der Waals surface area contributed by atoms with Gasteiger partial charge in [-0.05, 0) is 59.4 Å². The first kappa shape index (κ1) is 29.7. The first-order valence-corrected chi connectivity index (χ1v) is 14.9. The third-order valence-corrected chi connectivity index (χ3v) is 8.05. The van der Waals surface area contributed by atoms with E-state index in [9.17, 15) is 9.59 Å². The number of nitrogens with one attached hydrogen (secondary N) is 1. The molecule has 1 aliphatic heterocycles. The van der Waals surface area contributed by atoms with E-state index in [1.54, 1.807) is 26.0 Å². The normalized spacial score (nSPS) is 14.9. The summed E-state index contributed by atoms with van der Waals surface area (Å²) < 4.78 is 16.4. The molecule has 0 aromatic heterocycles. The predicted molar refractivity (Wildman–Crippen MR) is 154 cm³/mol. The van der Waals surface area contributed by atoms with E-state index in [0.717, 1.165) is 63.9 Å². The highest BCUT2D eigenvalue weighted by Crippen LogP contribution is 2.40. The second kappa shape index (κ2) is 14.9. The average Bonchev–Trinajstić information content (AvgIpc) is 2.95. The summed E-state index contributed by atoms with van der Waals surface area (Å²) in [5.74, 6) is 3.30. The van der Waals surface area contributed by atoms with Crippen LogP contribution in [0.25, 0.3) is 11.1 Å². The summed E-state index contributed by atoms with van der Waals surface area (Å²) in [6.45, 7) is 0. The van der Waals surface area contributed by atoms with Gasteiger partial charge in [0.05, 0.1) is 26.9 Å². The Morgan fingerprint density at radius 3 is 2.18 bits per heavy atom.